The third-order valence-electron chi connectivity index (χ3n) is 4.83. The lowest BCUT2D eigenvalue weighted by Gasteiger charge is -1.99. The van der Waals surface area contributed by atoms with Gasteiger partial charge in [0.15, 0.2) is 0 Å². The van der Waals surface area contributed by atoms with Crippen LogP contribution in [0.2, 0.25) is 0 Å². The van der Waals surface area contributed by atoms with Gasteiger partial charge >= 0.3 is 0 Å². The molecule has 0 bridgehead atoms. The number of fused-ring (bicyclic) bond motifs is 1. The number of aromatic nitrogens is 2. The molecule has 4 rings (SSSR count). The molecule has 4 heteroatoms. The van der Waals surface area contributed by atoms with E-state index < -0.39 is 0 Å². The van der Waals surface area contributed by atoms with Crippen molar-refractivity contribution in [1.29, 1.82) is 0 Å². The van der Waals surface area contributed by atoms with Gasteiger partial charge in [0.25, 0.3) is 0 Å². The molecule has 0 N–H and O–H groups in total. The minimum absolute atomic E-state index is 0.241. The van der Waals surface area contributed by atoms with Crippen LogP contribution in [0, 0.1) is 12.7 Å². The fourth-order valence-corrected chi connectivity index (χ4v) is 3.30. The van der Waals surface area contributed by atoms with E-state index in [1.807, 2.05) is 25.4 Å². The van der Waals surface area contributed by atoms with Crippen LogP contribution in [-0.2, 0) is 14.1 Å². The Morgan fingerprint density at radius 1 is 1.08 bits per heavy atom. The van der Waals surface area contributed by atoms with E-state index in [9.17, 15) is 4.39 Å². The average molecular weight is 345 g/mol. The summed E-state index contributed by atoms with van der Waals surface area (Å²) >= 11 is 0. The Morgan fingerprint density at radius 3 is 2.69 bits per heavy atom. The highest BCUT2D eigenvalue weighted by Gasteiger charge is 2.12. The fraction of sp³-hybridized carbons (Fsp3) is 0.136. The van der Waals surface area contributed by atoms with Crippen molar-refractivity contribution in [2.24, 2.45) is 19.1 Å². The first kappa shape index (κ1) is 16.3. The first-order chi connectivity index (χ1) is 12.5. The summed E-state index contributed by atoms with van der Waals surface area (Å²) in [5.74, 6) is -0.241. The Morgan fingerprint density at radius 2 is 1.92 bits per heavy atom. The number of benzene rings is 1. The van der Waals surface area contributed by atoms with Crippen molar-refractivity contribution in [3.8, 4) is 0 Å². The van der Waals surface area contributed by atoms with E-state index in [1.165, 1.54) is 23.0 Å². The molecule has 0 aliphatic carbocycles. The van der Waals surface area contributed by atoms with Crippen molar-refractivity contribution in [2.75, 3.05) is 0 Å². The van der Waals surface area contributed by atoms with Gasteiger partial charge in [0.05, 0.1) is 5.69 Å². The molecule has 0 unspecified atom stereocenters. The van der Waals surface area contributed by atoms with Gasteiger partial charge in [-0.1, -0.05) is 6.08 Å². The molecule has 1 aliphatic heterocycles. The minimum Gasteiger partial charge on any atom is -0.351 e. The summed E-state index contributed by atoms with van der Waals surface area (Å²) in [5.41, 5.74) is 4.94. The summed E-state index contributed by atoms with van der Waals surface area (Å²) in [4.78, 5) is 4.34. The summed E-state index contributed by atoms with van der Waals surface area (Å²) in [6, 6.07) is 11.0. The van der Waals surface area contributed by atoms with Crippen molar-refractivity contribution in [2.45, 2.75) is 6.92 Å². The maximum atomic E-state index is 13.5. The van der Waals surface area contributed by atoms with Crippen molar-refractivity contribution >= 4 is 29.6 Å². The molecule has 26 heavy (non-hydrogen) atoms. The predicted octanol–water partition coefficient (Wildman–Crippen LogP) is 3.22. The molecule has 1 aromatic carbocycles. The summed E-state index contributed by atoms with van der Waals surface area (Å²) in [6.07, 6.45) is 10.1. The zero-order valence-corrected chi connectivity index (χ0v) is 15.1. The number of hydrogen-bond acceptors (Lipinski definition) is 1. The lowest BCUT2D eigenvalue weighted by Crippen LogP contribution is -2.24. The molecule has 3 heterocycles. The van der Waals surface area contributed by atoms with Gasteiger partial charge in [-0.3, -0.25) is 4.99 Å². The highest BCUT2D eigenvalue weighted by Crippen LogP contribution is 2.31. The zero-order valence-electron chi connectivity index (χ0n) is 15.1. The maximum absolute atomic E-state index is 13.5. The highest BCUT2D eigenvalue weighted by molar-refractivity contribution is 6.17. The van der Waals surface area contributed by atoms with Gasteiger partial charge in [-0.05, 0) is 61.0 Å². The highest BCUT2D eigenvalue weighted by atomic mass is 19.1. The van der Waals surface area contributed by atoms with Crippen LogP contribution in [0.25, 0.3) is 17.7 Å². The molecule has 1 aliphatic rings. The number of halogens is 1. The van der Waals surface area contributed by atoms with E-state index in [0.717, 1.165) is 27.9 Å². The van der Waals surface area contributed by atoms with E-state index in [4.69, 9.17) is 0 Å². The van der Waals surface area contributed by atoms with Gasteiger partial charge in [-0.2, -0.15) is 0 Å². The van der Waals surface area contributed by atoms with Crippen LogP contribution >= 0.6 is 0 Å². The van der Waals surface area contributed by atoms with Crippen LogP contribution in [-0.4, -0.2) is 15.3 Å². The minimum atomic E-state index is -0.241. The van der Waals surface area contributed by atoms with Crippen LogP contribution in [0.4, 0.5) is 10.1 Å². The Hall–Kier alpha value is -3.14. The van der Waals surface area contributed by atoms with Crippen LogP contribution < -0.4 is 10.7 Å². The van der Waals surface area contributed by atoms with Crippen molar-refractivity contribution in [3.63, 3.8) is 0 Å². The molecule has 130 valence electrons. The molecule has 3 nitrogen and oxygen atoms in total. The number of nitrogens with zero attached hydrogens (tertiary/aromatic N) is 3. The normalized spacial score (nSPS) is 16.1. The Kier molecular flexibility index (Phi) is 3.96. The molecule has 0 spiro atoms. The van der Waals surface area contributed by atoms with Crippen molar-refractivity contribution in [3.05, 3.63) is 82.0 Å². The number of aryl methyl sites for hydroxylation is 2. The lowest BCUT2D eigenvalue weighted by molar-refractivity contribution is 0.627. The molecule has 3 aromatic rings. The molecule has 0 radical (unpaired) electrons. The molecule has 0 saturated heterocycles. The Bertz CT molecular complexity index is 1170. The number of aliphatic imine (C=N–C) groups is 1. The smallest absolute Gasteiger partial charge is 0.123 e. The van der Waals surface area contributed by atoms with Crippen molar-refractivity contribution < 1.29 is 4.39 Å². The first-order valence-electron chi connectivity index (χ1n) is 8.54. The summed E-state index contributed by atoms with van der Waals surface area (Å²) in [6.45, 7) is 2.11. The predicted molar refractivity (Wildman–Crippen MR) is 105 cm³/mol. The number of hydrogen-bond donors (Lipinski definition) is 0. The molecular formula is C22H20FN3. The summed E-state index contributed by atoms with van der Waals surface area (Å²) in [7, 11) is 4.10. The van der Waals surface area contributed by atoms with E-state index in [-0.39, 0.29) is 5.82 Å². The second kappa shape index (κ2) is 6.30. The van der Waals surface area contributed by atoms with E-state index in [2.05, 4.69) is 52.4 Å². The first-order valence-corrected chi connectivity index (χ1v) is 8.54. The topological polar surface area (TPSA) is 22.2 Å². The van der Waals surface area contributed by atoms with Crippen LogP contribution in [0.15, 0.2) is 53.7 Å². The quantitative estimate of drug-likeness (QED) is 0.681. The maximum Gasteiger partial charge on any atom is 0.123 e. The fourth-order valence-electron chi connectivity index (χ4n) is 3.30. The third-order valence-corrected chi connectivity index (χ3v) is 4.83. The van der Waals surface area contributed by atoms with E-state index >= 15 is 0 Å². The van der Waals surface area contributed by atoms with Gasteiger partial charge in [0.1, 0.15) is 5.82 Å². The van der Waals surface area contributed by atoms with Crippen LogP contribution in [0.1, 0.15) is 16.8 Å². The SMILES string of the molecule is Cc1cc(=CC=C2C=Nc3ccc(F)cc32)n(C)c1=Cc1cccn1C. The van der Waals surface area contributed by atoms with Gasteiger partial charge in [-0.15, -0.1) is 0 Å². The van der Waals surface area contributed by atoms with Crippen LogP contribution in [0.5, 0.6) is 0 Å². The molecule has 0 atom stereocenters. The number of allylic oxidation sites excluding steroid dienone is 2. The Labute approximate surface area is 151 Å². The second-order valence-electron chi connectivity index (χ2n) is 6.59. The zero-order chi connectivity index (χ0) is 18.3. The second-order valence-corrected chi connectivity index (χ2v) is 6.59. The van der Waals surface area contributed by atoms with E-state index in [0.29, 0.717) is 0 Å². The summed E-state index contributed by atoms with van der Waals surface area (Å²) < 4.78 is 17.8. The molecule has 0 amide bonds. The van der Waals surface area contributed by atoms with Gasteiger partial charge in [0.2, 0.25) is 0 Å². The molecule has 0 fully saturated rings. The van der Waals surface area contributed by atoms with Gasteiger partial charge in [-0.25, -0.2) is 4.39 Å². The Balaban J connectivity index is 1.78. The molecular weight excluding hydrogens is 325 g/mol. The lowest BCUT2D eigenvalue weighted by atomic mass is 10.1. The number of rotatable bonds is 2. The largest absolute Gasteiger partial charge is 0.351 e. The van der Waals surface area contributed by atoms with E-state index in [1.54, 1.807) is 12.3 Å². The van der Waals surface area contributed by atoms with Gasteiger partial charge in [0, 0.05) is 54.0 Å². The molecule has 2 aromatic heterocycles. The monoisotopic (exact) mass is 345 g/mol. The standard InChI is InChI=1S/C22H20FN3/c1-15-11-19(26(3)22(15)13-18-5-4-10-25(18)2)8-6-16-14-24-21-9-7-17(23)12-20(16)21/h4-14H,1-3H3. The van der Waals surface area contributed by atoms with Crippen molar-refractivity contribution in [1.82, 2.24) is 9.13 Å². The third kappa shape index (κ3) is 2.84. The van der Waals surface area contributed by atoms with Crippen LogP contribution in [0.3, 0.4) is 0 Å². The molecule has 0 saturated carbocycles. The summed E-state index contributed by atoms with van der Waals surface area (Å²) in [5, 5.41) is 2.26. The average Bonchev–Trinajstić information content (AvgIpc) is 3.27. The van der Waals surface area contributed by atoms with Gasteiger partial charge < -0.3 is 9.13 Å².